The Balaban J connectivity index is 1.89. The van der Waals surface area contributed by atoms with Gasteiger partial charge in [0.25, 0.3) is 5.91 Å². The molecule has 1 N–H and O–H groups in total. The third kappa shape index (κ3) is 3.32. The van der Waals surface area contributed by atoms with Gasteiger partial charge in [-0.1, -0.05) is 30.3 Å². The van der Waals surface area contributed by atoms with Crippen LogP contribution in [-0.4, -0.2) is 32.9 Å². The highest BCUT2D eigenvalue weighted by Gasteiger charge is 2.34. The molecule has 2 aromatic rings. The van der Waals surface area contributed by atoms with Crippen LogP contribution >= 0.6 is 0 Å². The summed E-state index contributed by atoms with van der Waals surface area (Å²) in [6.07, 6.45) is 2.04. The van der Waals surface area contributed by atoms with Crippen molar-refractivity contribution in [3.05, 3.63) is 53.2 Å². The molecule has 1 atom stereocenters. The highest BCUT2D eigenvalue weighted by molar-refractivity contribution is 5.95. The molecule has 0 radical (unpaired) electrons. The molecule has 1 heterocycles. The van der Waals surface area contributed by atoms with E-state index in [-0.39, 0.29) is 12.3 Å². The Hall–Kier alpha value is -2.63. The van der Waals surface area contributed by atoms with Crippen molar-refractivity contribution in [2.24, 2.45) is 0 Å². The van der Waals surface area contributed by atoms with Gasteiger partial charge in [0, 0.05) is 12.5 Å². The number of carboxylic acids is 1. The number of hydrogen-bond acceptors (Lipinski definition) is 4. The van der Waals surface area contributed by atoms with Crippen LogP contribution in [0.4, 0.5) is 0 Å². The number of amides is 1. The molecule has 1 aromatic carbocycles. The molecule has 0 bridgehead atoms. The van der Waals surface area contributed by atoms with E-state index in [1.807, 2.05) is 30.3 Å². The molecule has 1 fully saturated rings. The zero-order chi connectivity index (χ0) is 17.3. The fourth-order valence-electron chi connectivity index (χ4n) is 2.55. The number of aliphatic carboxylic acids is 1. The fraction of sp³-hybridized carbons (Fsp3) is 0.389. The van der Waals surface area contributed by atoms with Crippen LogP contribution in [0.25, 0.3) is 0 Å². The van der Waals surface area contributed by atoms with E-state index in [4.69, 9.17) is 4.42 Å². The lowest BCUT2D eigenvalue weighted by Crippen LogP contribution is -2.42. The maximum atomic E-state index is 12.9. The van der Waals surface area contributed by atoms with Crippen LogP contribution in [-0.2, 0) is 11.3 Å². The van der Waals surface area contributed by atoms with Crippen LogP contribution in [0, 0.1) is 6.92 Å². The SMILES string of the molecule is Cc1nc(C2CC2)oc1C(=O)N(Cc1ccccc1)C(C)C(=O)O. The van der Waals surface area contributed by atoms with Crippen LogP contribution in [0.2, 0.25) is 0 Å². The van der Waals surface area contributed by atoms with Gasteiger partial charge in [-0.2, -0.15) is 0 Å². The van der Waals surface area contributed by atoms with Gasteiger partial charge in [0.05, 0.1) is 5.69 Å². The Kier molecular flexibility index (Phi) is 4.38. The number of benzene rings is 1. The number of carboxylic acid groups (broad SMARTS) is 1. The summed E-state index contributed by atoms with van der Waals surface area (Å²) in [5.74, 6) is -0.478. The largest absolute Gasteiger partial charge is 0.480 e. The van der Waals surface area contributed by atoms with Gasteiger partial charge in [0.15, 0.2) is 5.89 Å². The van der Waals surface area contributed by atoms with Crippen molar-refractivity contribution in [1.29, 1.82) is 0 Å². The summed E-state index contributed by atoms with van der Waals surface area (Å²) in [6.45, 7) is 3.41. The number of nitrogens with zero attached hydrogens (tertiary/aromatic N) is 2. The highest BCUT2D eigenvalue weighted by Crippen LogP contribution is 2.40. The van der Waals surface area contributed by atoms with E-state index in [2.05, 4.69) is 4.98 Å². The first-order valence-electron chi connectivity index (χ1n) is 8.02. The van der Waals surface area contributed by atoms with Gasteiger partial charge in [0.1, 0.15) is 6.04 Å². The summed E-state index contributed by atoms with van der Waals surface area (Å²) in [5.41, 5.74) is 1.37. The second-order valence-corrected chi connectivity index (χ2v) is 6.17. The maximum Gasteiger partial charge on any atom is 0.326 e. The maximum absolute atomic E-state index is 12.9. The van der Waals surface area contributed by atoms with E-state index >= 15 is 0 Å². The number of aromatic nitrogens is 1. The minimum Gasteiger partial charge on any atom is -0.480 e. The molecule has 6 heteroatoms. The minimum atomic E-state index is -1.06. The standard InChI is InChI=1S/C18H20N2O4/c1-11-15(24-16(19-11)14-8-9-14)17(21)20(12(2)18(22)23)10-13-6-4-3-5-7-13/h3-7,12,14H,8-10H2,1-2H3,(H,22,23). The number of oxazole rings is 1. The zero-order valence-corrected chi connectivity index (χ0v) is 13.7. The minimum absolute atomic E-state index is 0.140. The number of aryl methyl sites for hydroxylation is 1. The van der Waals surface area contributed by atoms with E-state index in [9.17, 15) is 14.7 Å². The predicted molar refractivity (Wildman–Crippen MR) is 86.6 cm³/mol. The predicted octanol–water partition coefficient (Wildman–Crippen LogP) is 2.98. The first-order chi connectivity index (χ1) is 11.5. The van der Waals surface area contributed by atoms with E-state index in [1.54, 1.807) is 6.92 Å². The summed E-state index contributed by atoms with van der Waals surface area (Å²) >= 11 is 0. The zero-order valence-electron chi connectivity index (χ0n) is 13.7. The Labute approximate surface area is 140 Å². The molecule has 126 valence electrons. The Morgan fingerprint density at radius 3 is 2.58 bits per heavy atom. The summed E-state index contributed by atoms with van der Waals surface area (Å²) in [6, 6.07) is 8.34. The summed E-state index contributed by atoms with van der Waals surface area (Å²) in [4.78, 5) is 30.0. The first kappa shape index (κ1) is 16.2. The molecule has 1 amide bonds. The molecule has 1 aliphatic rings. The monoisotopic (exact) mass is 328 g/mol. The molecule has 1 unspecified atom stereocenters. The number of hydrogen-bond donors (Lipinski definition) is 1. The topological polar surface area (TPSA) is 83.6 Å². The Morgan fingerprint density at radius 2 is 2.00 bits per heavy atom. The Morgan fingerprint density at radius 1 is 1.33 bits per heavy atom. The average Bonchev–Trinajstić information content (AvgIpc) is 3.35. The van der Waals surface area contributed by atoms with Gasteiger partial charge in [-0.05, 0) is 32.3 Å². The van der Waals surface area contributed by atoms with Crippen LogP contribution < -0.4 is 0 Å². The Bertz CT molecular complexity index is 750. The van der Waals surface area contributed by atoms with E-state index < -0.39 is 17.9 Å². The first-order valence-corrected chi connectivity index (χ1v) is 8.02. The number of carbonyl (C=O) groups is 2. The third-order valence-corrected chi connectivity index (χ3v) is 4.22. The van der Waals surface area contributed by atoms with E-state index in [1.165, 1.54) is 11.8 Å². The lowest BCUT2D eigenvalue weighted by atomic mass is 10.1. The van der Waals surface area contributed by atoms with Gasteiger partial charge in [-0.25, -0.2) is 9.78 Å². The second-order valence-electron chi connectivity index (χ2n) is 6.17. The number of rotatable bonds is 6. The van der Waals surface area contributed by atoms with Crippen molar-refractivity contribution in [3.8, 4) is 0 Å². The van der Waals surface area contributed by atoms with Crippen LogP contribution in [0.15, 0.2) is 34.7 Å². The van der Waals surface area contributed by atoms with Crippen molar-refractivity contribution in [3.63, 3.8) is 0 Å². The van der Waals surface area contributed by atoms with Crippen molar-refractivity contribution < 1.29 is 19.1 Å². The van der Waals surface area contributed by atoms with Gasteiger partial charge < -0.3 is 14.4 Å². The normalized spacial score (nSPS) is 15.1. The van der Waals surface area contributed by atoms with Crippen molar-refractivity contribution >= 4 is 11.9 Å². The third-order valence-electron chi connectivity index (χ3n) is 4.22. The molecule has 6 nitrogen and oxygen atoms in total. The molecule has 24 heavy (non-hydrogen) atoms. The van der Waals surface area contributed by atoms with Crippen LogP contribution in [0.5, 0.6) is 0 Å². The second kappa shape index (κ2) is 6.47. The average molecular weight is 328 g/mol. The molecular weight excluding hydrogens is 308 g/mol. The van der Waals surface area contributed by atoms with Gasteiger partial charge in [0.2, 0.25) is 5.76 Å². The number of carbonyl (C=O) groups excluding carboxylic acids is 1. The molecular formula is C18H20N2O4. The van der Waals surface area contributed by atoms with Crippen molar-refractivity contribution in [2.75, 3.05) is 0 Å². The van der Waals surface area contributed by atoms with Crippen molar-refractivity contribution in [1.82, 2.24) is 9.88 Å². The fourth-order valence-corrected chi connectivity index (χ4v) is 2.55. The van der Waals surface area contributed by atoms with Gasteiger partial charge >= 0.3 is 5.97 Å². The van der Waals surface area contributed by atoms with Crippen LogP contribution in [0.1, 0.15) is 53.4 Å². The summed E-state index contributed by atoms with van der Waals surface area (Å²) < 4.78 is 5.65. The molecule has 0 spiro atoms. The van der Waals surface area contributed by atoms with Crippen LogP contribution in [0.3, 0.4) is 0 Å². The lowest BCUT2D eigenvalue weighted by Gasteiger charge is -2.25. The van der Waals surface area contributed by atoms with Crippen molar-refractivity contribution in [2.45, 2.75) is 45.2 Å². The lowest BCUT2D eigenvalue weighted by molar-refractivity contribution is -0.141. The van der Waals surface area contributed by atoms with Gasteiger partial charge in [-0.3, -0.25) is 4.79 Å². The quantitative estimate of drug-likeness (QED) is 0.881. The molecule has 3 rings (SSSR count). The molecule has 0 saturated heterocycles. The molecule has 1 saturated carbocycles. The van der Waals surface area contributed by atoms with E-state index in [0.29, 0.717) is 17.5 Å². The highest BCUT2D eigenvalue weighted by atomic mass is 16.4. The summed E-state index contributed by atoms with van der Waals surface area (Å²) in [5, 5.41) is 9.36. The smallest absolute Gasteiger partial charge is 0.326 e. The molecule has 0 aliphatic heterocycles. The molecule has 1 aromatic heterocycles. The van der Waals surface area contributed by atoms with E-state index in [0.717, 1.165) is 18.4 Å². The summed E-state index contributed by atoms with van der Waals surface area (Å²) in [7, 11) is 0. The van der Waals surface area contributed by atoms with Gasteiger partial charge in [-0.15, -0.1) is 0 Å². The molecule has 1 aliphatic carbocycles.